The number of para-hydroxylation sites is 1. The predicted molar refractivity (Wildman–Crippen MR) is 102 cm³/mol. The molecule has 0 aliphatic carbocycles. The van der Waals surface area contributed by atoms with Gasteiger partial charge in [0.05, 0.1) is 17.2 Å². The van der Waals surface area contributed by atoms with Gasteiger partial charge < -0.3 is 4.90 Å². The Morgan fingerprint density at radius 3 is 2.92 bits per heavy atom. The normalized spacial score (nSPS) is 13.7. The Hall–Kier alpha value is -2.95. The summed E-state index contributed by atoms with van der Waals surface area (Å²) >= 11 is 0. The maximum absolute atomic E-state index is 12.8. The van der Waals surface area contributed by atoms with Gasteiger partial charge >= 0.3 is 0 Å². The molecular weight excluding hydrogens is 326 g/mol. The molecule has 132 valence electrons. The van der Waals surface area contributed by atoms with Crippen molar-refractivity contribution in [2.75, 3.05) is 11.4 Å². The third kappa shape index (κ3) is 3.01. The van der Waals surface area contributed by atoms with Gasteiger partial charge in [0.1, 0.15) is 0 Å². The van der Waals surface area contributed by atoms with Gasteiger partial charge in [-0.15, -0.1) is 0 Å². The summed E-state index contributed by atoms with van der Waals surface area (Å²) in [6, 6.07) is 13.5. The summed E-state index contributed by atoms with van der Waals surface area (Å²) in [6.07, 6.45) is 3.80. The van der Waals surface area contributed by atoms with Gasteiger partial charge in [0, 0.05) is 25.2 Å². The molecule has 0 saturated heterocycles. The fraction of sp³-hybridized carbons (Fsp3) is 0.286. The molecule has 1 amide bonds. The monoisotopic (exact) mass is 347 g/mol. The number of carbonyl (C=O) groups is 1. The van der Waals surface area contributed by atoms with Crippen LogP contribution in [0.5, 0.6) is 0 Å². The molecule has 0 saturated carbocycles. The van der Waals surface area contributed by atoms with Crippen molar-refractivity contribution in [1.29, 1.82) is 0 Å². The second kappa shape index (κ2) is 6.75. The molecule has 0 atom stereocenters. The van der Waals surface area contributed by atoms with Gasteiger partial charge in [-0.1, -0.05) is 29.8 Å². The highest BCUT2D eigenvalue weighted by atomic mass is 16.2. The number of aryl methyl sites for hydroxylation is 3. The first-order chi connectivity index (χ1) is 12.6. The van der Waals surface area contributed by atoms with Gasteiger partial charge in [-0.2, -0.15) is 0 Å². The SMILES string of the molecule is Cc1ccc2c(c1)CCCN2C(=O)CCn1cnc2ccccc2c1=O. The fourth-order valence-corrected chi connectivity index (χ4v) is 3.60. The van der Waals surface area contributed by atoms with Crippen LogP contribution in [0.4, 0.5) is 5.69 Å². The van der Waals surface area contributed by atoms with Gasteiger partial charge in [-0.05, 0) is 43.5 Å². The lowest BCUT2D eigenvalue weighted by Gasteiger charge is -2.30. The zero-order chi connectivity index (χ0) is 18.1. The molecule has 3 aromatic rings. The highest BCUT2D eigenvalue weighted by molar-refractivity contribution is 5.94. The summed E-state index contributed by atoms with van der Waals surface area (Å²) in [4.78, 5) is 31.5. The topological polar surface area (TPSA) is 55.2 Å². The Balaban J connectivity index is 1.54. The average Bonchev–Trinajstić information content (AvgIpc) is 2.66. The molecule has 0 N–H and O–H groups in total. The maximum Gasteiger partial charge on any atom is 0.261 e. The number of hydrogen-bond donors (Lipinski definition) is 0. The molecule has 0 spiro atoms. The van der Waals surface area contributed by atoms with Crippen molar-refractivity contribution in [1.82, 2.24) is 9.55 Å². The molecule has 26 heavy (non-hydrogen) atoms. The third-order valence-corrected chi connectivity index (χ3v) is 4.95. The number of amides is 1. The minimum Gasteiger partial charge on any atom is -0.312 e. The van der Waals surface area contributed by atoms with Crippen LogP contribution in [0.1, 0.15) is 24.0 Å². The van der Waals surface area contributed by atoms with Crippen LogP contribution < -0.4 is 10.5 Å². The van der Waals surface area contributed by atoms with Gasteiger partial charge in [0.2, 0.25) is 5.91 Å². The number of anilines is 1. The summed E-state index contributed by atoms with van der Waals surface area (Å²) in [7, 11) is 0. The number of aromatic nitrogens is 2. The Bertz CT molecular complexity index is 1040. The van der Waals surface area contributed by atoms with E-state index in [1.54, 1.807) is 6.07 Å². The summed E-state index contributed by atoms with van der Waals surface area (Å²) in [5.74, 6) is 0.0508. The van der Waals surface area contributed by atoms with E-state index in [4.69, 9.17) is 0 Å². The highest BCUT2D eigenvalue weighted by Gasteiger charge is 2.22. The molecule has 4 rings (SSSR count). The Morgan fingerprint density at radius 2 is 2.04 bits per heavy atom. The van der Waals surface area contributed by atoms with E-state index in [-0.39, 0.29) is 17.9 Å². The smallest absolute Gasteiger partial charge is 0.261 e. The van der Waals surface area contributed by atoms with Crippen LogP contribution in [0.2, 0.25) is 0 Å². The number of rotatable bonds is 3. The molecular formula is C21H21N3O2. The van der Waals surface area contributed by atoms with Crippen molar-refractivity contribution in [3.8, 4) is 0 Å². The minimum atomic E-state index is -0.0990. The van der Waals surface area contributed by atoms with E-state index < -0.39 is 0 Å². The van der Waals surface area contributed by atoms with Crippen LogP contribution in [0, 0.1) is 6.92 Å². The highest BCUT2D eigenvalue weighted by Crippen LogP contribution is 2.28. The van der Waals surface area contributed by atoms with Gasteiger partial charge in [-0.25, -0.2) is 4.98 Å². The Kier molecular flexibility index (Phi) is 4.29. The number of carbonyl (C=O) groups excluding carboxylic acids is 1. The standard InChI is InChI=1S/C21H21N3O2/c1-15-8-9-19-16(13-15)5-4-11-24(19)20(25)10-12-23-14-22-18-7-3-2-6-17(18)21(23)26/h2-3,6-9,13-14H,4-5,10-12H2,1H3. The molecule has 1 aromatic heterocycles. The first-order valence-corrected chi connectivity index (χ1v) is 8.97. The zero-order valence-corrected chi connectivity index (χ0v) is 14.8. The minimum absolute atomic E-state index is 0.0508. The lowest BCUT2D eigenvalue weighted by Crippen LogP contribution is -2.36. The van der Waals surface area contributed by atoms with E-state index in [1.165, 1.54) is 22.0 Å². The van der Waals surface area contributed by atoms with E-state index in [9.17, 15) is 9.59 Å². The largest absolute Gasteiger partial charge is 0.312 e. The first-order valence-electron chi connectivity index (χ1n) is 8.97. The van der Waals surface area contributed by atoms with Crippen molar-refractivity contribution in [3.63, 3.8) is 0 Å². The van der Waals surface area contributed by atoms with E-state index in [0.29, 0.717) is 17.4 Å². The summed E-state index contributed by atoms with van der Waals surface area (Å²) in [6.45, 7) is 3.15. The van der Waals surface area contributed by atoms with Crippen LogP contribution in [0.3, 0.4) is 0 Å². The lowest BCUT2D eigenvalue weighted by atomic mass is 9.99. The molecule has 5 nitrogen and oxygen atoms in total. The lowest BCUT2D eigenvalue weighted by molar-refractivity contribution is -0.118. The average molecular weight is 347 g/mol. The zero-order valence-electron chi connectivity index (χ0n) is 14.8. The van der Waals surface area contributed by atoms with Gasteiger partial charge in [-0.3, -0.25) is 14.2 Å². The quantitative estimate of drug-likeness (QED) is 0.732. The van der Waals surface area contributed by atoms with Crippen molar-refractivity contribution < 1.29 is 4.79 Å². The second-order valence-corrected chi connectivity index (χ2v) is 6.79. The van der Waals surface area contributed by atoms with Crippen molar-refractivity contribution in [2.24, 2.45) is 0 Å². The Labute approximate surface area is 151 Å². The van der Waals surface area contributed by atoms with E-state index in [2.05, 4.69) is 18.0 Å². The van der Waals surface area contributed by atoms with Crippen LogP contribution >= 0.6 is 0 Å². The van der Waals surface area contributed by atoms with E-state index in [1.807, 2.05) is 35.2 Å². The first kappa shape index (κ1) is 16.5. The van der Waals surface area contributed by atoms with E-state index >= 15 is 0 Å². The van der Waals surface area contributed by atoms with E-state index in [0.717, 1.165) is 25.1 Å². The Morgan fingerprint density at radius 1 is 1.19 bits per heavy atom. The maximum atomic E-state index is 12.8. The predicted octanol–water partition coefficient (Wildman–Crippen LogP) is 3.07. The van der Waals surface area contributed by atoms with Crippen LogP contribution in [-0.2, 0) is 17.8 Å². The molecule has 2 aromatic carbocycles. The van der Waals surface area contributed by atoms with Crippen LogP contribution in [-0.4, -0.2) is 22.0 Å². The molecule has 0 fully saturated rings. The summed E-state index contributed by atoms with van der Waals surface area (Å²) in [5, 5.41) is 0.584. The van der Waals surface area contributed by atoms with Gasteiger partial charge in [0.15, 0.2) is 0 Å². The fourth-order valence-electron chi connectivity index (χ4n) is 3.60. The molecule has 2 heterocycles. The van der Waals surface area contributed by atoms with Gasteiger partial charge in [0.25, 0.3) is 5.56 Å². The third-order valence-electron chi connectivity index (χ3n) is 4.95. The molecule has 0 bridgehead atoms. The number of hydrogen-bond acceptors (Lipinski definition) is 3. The molecule has 5 heteroatoms. The molecule has 1 aliphatic rings. The number of nitrogens with zero attached hydrogens (tertiary/aromatic N) is 3. The van der Waals surface area contributed by atoms with Crippen LogP contribution in [0.25, 0.3) is 10.9 Å². The summed E-state index contributed by atoms with van der Waals surface area (Å²) in [5.41, 5.74) is 4.04. The van der Waals surface area contributed by atoms with Crippen molar-refractivity contribution in [2.45, 2.75) is 32.7 Å². The van der Waals surface area contributed by atoms with Crippen LogP contribution in [0.15, 0.2) is 53.6 Å². The van der Waals surface area contributed by atoms with Crippen molar-refractivity contribution in [3.05, 3.63) is 70.3 Å². The number of benzene rings is 2. The number of fused-ring (bicyclic) bond motifs is 2. The molecule has 1 aliphatic heterocycles. The van der Waals surface area contributed by atoms with Crippen molar-refractivity contribution >= 4 is 22.5 Å². The molecule has 0 radical (unpaired) electrons. The summed E-state index contributed by atoms with van der Waals surface area (Å²) < 4.78 is 1.53. The second-order valence-electron chi connectivity index (χ2n) is 6.79. The molecule has 0 unspecified atom stereocenters.